The minimum absolute atomic E-state index is 0.0146. The molecule has 0 aromatic carbocycles. The number of aromatic nitrogens is 1. The Morgan fingerprint density at radius 3 is 2.35 bits per heavy atom. The van der Waals surface area contributed by atoms with Crippen LogP contribution in [-0.2, 0) is 4.79 Å². The third-order valence-corrected chi connectivity index (χ3v) is 3.56. The molecule has 1 aromatic heterocycles. The molecule has 0 unspecified atom stereocenters. The fourth-order valence-electron chi connectivity index (χ4n) is 1.71. The number of carbonyl (C=O) groups excluding carboxylic acids is 2. The van der Waals surface area contributed by atoms with Gasteiger partial charge in [-0.2, -0.15) is 0 Å². The van der Waals surface area contributed by atoms with Gasteiger partial charge in [0.2, 0.25) is 5.91 Å². The van der Waals surface area contributed by atoms with Crippen LogP contribution in [0.5, 0.6) is 0 Å². The summed E-state index contributed by atoms with van der Waals surface area (Å²) >= 11 is 11.5. The first kappa shape index (κ1) is 16.7. The zero-order valence-corrected chi connectivity index (χ0v) is 13.2. The zero-order chi connectivity index (χ0) is 15.3. The van der Waals surface area contributed by atoms with Crippen molar-refractivity contribution in [3.8, 4) is 0 Å². The van der Waals surface area contributed by atoms with Gasteiger partial charge in [0.15, 0.2) is 0 Å². The molecule has 1 heterocycles. The Kier molecular flexibility index (Phi) is 6.23. The molecule has 0 atom stereocenters. The van der Waals surface area contributed by atoms with E-state index in [2.05, 4.69) is 4.98 Å². The van der Waals surface area contributed by atoms with Gasteiger partial charge < -0.3 is 9.80 Å². The van der Waals surface area contributed by atoms with Crippen molar-refractivity contribution < 1.29 is 9.59 Å². The van der Waals surface area contributed by atoms with Gasteiger partial charge in [0.1, 0.15) is 5.15 Å². The largest absolute Gasteiger partial charge is 0.342 e. The van der Waals surface area contributed by atoms with E-state index in [0.717, 1.165) is 0 Å². The summed E-state index contributed by atoms with van der Waals surface area (Å²) in [5.74, 6) is -0.421. The summed E-state index contributed by atoms with van der Waals surface area (Å²) in [4.78, 5) is 30.9. The van der Waals surface area contributed by atoms with E-state index in [1.165, 1.54) is 17.2 Å². The summed E-state index contributed by atoms with van der Waals surface area (Å²) in [6, 6.07) is 1.44. The lowest BCUT2D eigenvalue weighted by Gasteiger charge is -2.23. The molecule has 0 aliphatic rings. The number of nitrogens with zero attached hydrogens (tertiary/aromatic N) is 3. The Balaban J connectivity index is 2.76. The molecular formula is C13H17Cl2N3O2. The Hall–Kier alpha value is -1.33. The zero-order valence-electron chi connectivity index (χ0n) is 11.7. The summed E-state index contributed by atoms with van der Waals surface area (Å²) in [6.07, 6.45) is 1.34. The normalized spacial score (nSPS) is 10.2. The molecule has 0 radical (unpaired) electrons. The van der Waals surface area contributed by atoms with E-state index in [0.29, 0.717) is 18.7 Å². The standard InChI is InChI=1S/C13H17Cl2N3O2/c1-4-18(5-2)11(19)8-17(3)13(20)9-6-10(14)12(15)16-7-9/h6-7H,4-5,8H2,1-3H3. The van der Waals surface area contributed by atoms with Crippen LogP contribution in [0.3, 0.4) is 0 Å². The van der Waals surface area contributed by atoms with Gasteiger partial charge in [0.05, 0.1) is 17.1 Å². The molecule has 7 heteroatoms. The molecule has 5 nitrogen and oxygen atoms in total. The predicted octanol–water partition coefficient (Wildman–Crippen LogP) is 2.33. The first-order valence-corrected chi connectivity index (χ1v) is 7.00. The summed E-state index contributed by atoms with van der Waals surface area (Å²) < 4.78 is 0. The Morgan fingerprint density at radius 1 is 1.25 bits per heavy atom. The third-order valence-electron chi connectivity index (χ3n) is 2.88. The van der Waals surface area contributed by atoms with Gasteiger partial charge in [-0.1, -0.05) is 23.2 Å². The molecule has 0 saturated heterocycles. The van der Waals surface area contributed by atoms with Crippen molar-refractivity contribution >= 4 is 35.0 Å². The molecule has 0 aliphatic heterocycles. The molecule has 0 bridgehead atoms. The number of likely N-dealkylation sites (N-methyl/N-ethyl adjacent to an activating group) is 2. The smallest absolute Gasteiger partial charge is 0.255 e. The van der Waals surface area contributed by atoms with E-state index in [-0.39, 0.29) is 28.5 Å². The number of amides is 2. The lowest BCUT2D eigenvalue weighted by Crippen LogP contribution is -2.41. The second-order valence-electron chi connectivity index (χ2n) is 4.22. The molecule has 0 aliphatic carbocycles. The molecule has 110 valence electrons. The first-order chi connectivity index (χ1) is 9.40. The van der Waals surface area contributed by atoms with Gasteiger partial charge in [0.25, 0.3) is 5.91 Å². The fraction of sp³-hybridized carbons (Fsp3) is 0.462. The quantitative estimate of drug-likeness (QED) is 0.783. The Morgan fingerprint density at radius 2 is 1.85 bits per heavy atom. The van der Waals surface area contributed by atoms with Gasteiger partial charge in [-0.25, -0.2) is 4.98 Å². The van der Waals surface area contributed by atoms with Crippen LogP contribution in [0.4, 0.5) is 0 Å². The Bertz CT molecular complexity index is 504. The molecule has 0 N–H and O–H groups in total. The number of halogens is 2. The number of pyridine rings is 1. The summed E-state index contributed by atoms with van der Waals surface area (Å²) in [6.45, 7) is 5.04. The number of hydrogen-bond donors (Lipinski definition) is 0. The van der Waals surface area contributed by atoms with Crippen LogP contribution in [0.15, 0.2) is 12.3 Å². The molecule has 1 aromatic rings. The van der Waals surface area contributed by atoms with Crippen LogP contribution < -0.4 is 0 Å². The van der Waals surface area contributed by atoms with Gasteiger partial charge in [-0.3, -0.25) is 9.59 Å². The summed E-state index contributed by atoms with van der Waals surface area (Å²) in [5.41, 5.74) is 0.300. The van der Waals surface area contributed by atoms with Crippen LogP contribution in [0, 0.1) is 0 Å². The van der Waals surface area contributed by atoms with Crippen molar-refractivity contribution in [3.63, 3.8) is 0 Å². The van der Waals surface area contributed by atoms with Gasteiger partial charge in [-0.05, 0) is 19.9 Å². The van der Waals surface area contributed by atoms with E-state index in [4.69, 9.17) is 23.2 Å². The van der Waals surface area contributed by atoms with E-state index in [1.54, 1.807) is 11.9 Å². The van der Waals surface area contributed by atoms with Gasteiger partial charge >= 0.3 is 0 Å². The van der Waals surface area contributed by atoms with Crippen LogP contribution >= 0.6 is 23.2 Å². The number of rotatable bonds is 5. The maximum Gasteiger partial charge on any atom is 0.255 e. The highest BCUT2D eigenvalue weighted by Gasteiger charge is 2.18. The highest BCUT2D eigenvalue weighted by molar-refractivity contribution is 6.41. The first-order valence-electron chi connectivity index (χ1n) is 6.24. The minimum atomic E-state index is -0.323. The van der Waals surface area contributed by atoms with Gasteiger partial charge in [-0.15, -0.1) is 0 Å². The van der Waals surface area contributed by atoms with Crippen molar-refractivity contribution in [2.45, 2.75) is 13.8 Å². The van der Waals surface area contributed by atoms with Crippen LogP contribution in [0.1, 0.15) is 24.2 Å². The Labute approximate surface area is 128 Å². The average molecular weight is 318 g/mol. The molecular weight excluding hydrogens is 301 g/mol. The number of hydrogen-bond acceptors (Lipinski definition) is 3. The molecule has 20 heavy (non-hydrogen) atoms. The second-order valence-corrected chi connectivity index (χ2v) is 4.99. The number of carbonyl (C=O) groups is 2. The molecule has 0 saturated carbocycles. The maximum absolute atomic E-state index is 12.2. The van der Waals surface area contributed by atoms with Crippen molar-refractivity contribution in [1.29, 1.82) is 0 Å². The van der Waals surface area contributed by atoms with Crippen molar-refractivity contribution in [1.82, 2.24) is 14.8 Å². The SMILES string of the molecule is CCN(CC)C(=O)CN(C)C(=O)c1cnc(Cl)c(Cl)c1. The van der Waals surface area contributed by atoms with Crippen molar-refractivity contribution in [2.24, 2.45) is 0 Å². The van der Waals surface area contributed by atoms with Crippen molar-refractivity contribution in [2.75, 3.05) is 26.7 Å². The minimum Gasteiger partial charge on any atom is -0.342 e. The lowest BCUT2D eigenvalue weighted by atomic mass is 10.2. The second kappa shape index (κ2) is 7.45. The third kappa shape index (κ3) is 4.08. The molecule has 0 spiro atoms. The average Bonchev–Trinajstić information content (AvgIpc) is 2.42. The highest BCUT2D eigenvalue weighted by Crippen LogP contribution is 2.20. The lowest BCUT2D eigenvalue weighted by molar-refractivity contribution is -0.131. The van der Waals surface area contributed by atoms with Crippen LogP contribution in [0.2, 0.25) is 10.2 Å². The van der Waals surface area contributed by atoms with Crippen molar-refractivity contribution in [3.05, 3.63) is 28.0 Å². The summed E-state index contributed by atoms with van der Waals surface area (Å²) in [7, 11) is 1.56. The molecule has 2 amide bonds. The van der Waals surface area contributed by atoms with Crippen LogP contribution in [-0.4, -0.2) is 53.3 Å². The summed E-state index contributed by atoms with van der Waals surface area (Å²) in [5, 5.41) is 0.353. The topological polar surface area (TPSA) is 53.5 Å². The molecule has 0 fully saturated rings. The van der Waals surface area contributed by atoms with Gasteiger partial charge in [0, 0.05) is 26.3 Å². The van der Waals surface area contributed by atoms with E-state index in [9.17, 15) is 9.59 Å². The highest BCUT2D eigenvalue weighted by atomic mass is 35.5. The molecule has 1 rings (SSSR count). The van der Waals surface area contributed by atoms with Crippen LogP contribution in [0.25, 0.3) is 0 Å². The van der Waals surface area contributed by atoms with E-state index >= 15 is 0 Å². The predicted molar refractivity (Wildman–Crippen MR) is 79.1 cm³/mol. The van der Waals surface area contributed by atoms with E-state index in [1.807, 2.05) is 13.8 Å². The van der Waals surface area contributed by atoms with E-state index < -0.39 is 0 Å². The fourth-order valence-corrected chi connectivity index (χ4v) is 1.98. The monoisotopic (exact) mass is 317 g/mol. The maximum atomic E-state index is 12.2.